The van der Waals surface area contributed by atoms with Crippen LogP contribution in [0.3, 0.4) is 0 Å². The van der Waals surface area contributed by atoms with Crippen molar-refractivity contribution in [3.8, 4) is 0 Å². The molecule has 1 unspecified atom stereocenters. The summed E-state index contributed by atoms with van der Waals surface area (Å²) in [6.07, 6.45) is 1.95. The Hall–Kier alpha value is -1.35. The lowest BCUT2D eigenvalue weighted by atomic mass is 9.89. The Labute approximate surface area is 107 Å². The van der Waals surface area contributed by atoms with Gasteiger partial charge in [0.15, 0.2) is 5.60 Å². The van der Waals surface area contributed by atoms with E-state index in [1.54, 1.807) is 0 Å². The maximum atomic E-state index is 11.2. The smallest absolute Gasteiger partial charge is 0.340 e. The Balaban J connectivity index is 2.52. The summed E-state index contributed by atoms with van der Waals surface area (Å²) in [7, 11) is 0. The number of hydrogen-bond donors (Lipinski definition) is 2. The summed E-state index contributed by atoms with van der Waals surface area (Å²) < 4.78 is 0. The van der Waals surface area contributed by atoms with Crippen molar-refractivity contribution in [3.63, 3.8) is 0 Å². The Morgan fingerprint density at radius 1 is 1.28 bits per heavy atom. The Bertz CT molecular complexity index is 513. The van der Waals surface area contributed by atoms with Crippen LogP contribution in [0, 0.1) is 12.3 Å². The molecule has 3 heteroatoms. The van der Waals surface area contributed by atoms with Gasteiger partial charge >= 0.3 is 5.97 Å². The van der Waals surface area contributed by atoms with Gasteiger partial charge in [0.1, 0.15) is 0 Å². The molecule has 2 N–H and O–H groups in total. The van der Waals surface area contributed by atoms with E-state index in [2.05, 4.69) is 13.8 Å². The van der Waals surface area contributed by atoms with E-state index in [-0.39, 0.29) is 5.41 Å². The predicted octanol–water partition coefficient (Wildman–Crippen LogP) is 2.41. The van der Waals surface area contributed by atoms with Crippen LogP contribution in [-0.2, 0) is 23.2 Å². The number of aliphatic hydroxyl groups is 1. The fourth-order valence-electron chi connectivity index (χ4n) is 2.87. The summed E-state index contributed by atoms with van der Waals surface area (Å²) in [5.74, 6) is -1.21. The molecule has 0 saturated carbocycles. The molecular weight excluding hydrogens is 228 g/mol. The summed E-state index contributed by atoms with van der Waals surface area (Å²) in [6.45, 7) is 7.61. The molecule has 0 amide bonds. The van der Waals surface area contributed by atoms with E-state index in [0.29, 0.717) is 5.56 Å². The average molecular weight is 248 g/mol. The van der Waals surface area contributed by atoms with Gasteiger partial charge in [-0.2, -0.15) is 0 Å². The second kappa shape index (κ2) is 3.82. The molecule has 0 aromatic heterocycles. The zero-order chi connectivity index (χ0) is 13.7. The van der Waals surface area contributed by atoms with Crippen LogP contribution >= 0.6 is 0 Å². The molecular formula is C15H20O3. The second-order valence-corrected chi connectivity index (χ2v) is 6.33. The number of carbonyl (C=O) groups is 1. The average Bonchev–Trinajstić information content (AvgIpc) is 2.49. The number of carboxylic acid groups (broad SMARTS) is 1. The molecule has 0 radical (unpaired) electrons. The first-order chi connectivity index (χ1) is 8.13. The van der Waals surface area contributed by atoms with Crippen LogP contribution in [-0.4, -0.2) is 16.2 Å². The van der Waals surface area contributed by atoms with Crippen molar-refractivity contribution >= 4 is 5.97 Å². The summed E-state index contributed by atoms with van der Waals surface area (Å²) >= 11 is 0. The van der Waals surface area contributed by atoms with Gasteiger partial charge < -0.3 is 10.2 Å². The van der Waals surface area contributed by atoms with Gasteiger partial charge in [-0.1, -0.05) is 26.0 Å². The van der Waals surface area contributed by atoms with Crippen LogP contribution in [0.4, 0.5) is 0 Å². The predicted molar refractivity (Wildman–Crippen MR) is 69.6 cm³/mol. The second-order valence-electron chi connectivity index (χ2n) is 6.33. The molecule has 0 fully saturated rings. The highest BCUT2D eigenvalue weighted by atomic mass is 16.4. The van der Waals surface area contributed by atoms with E-state index in [1.807, 2.05) is 19.1 Å². The molecule has 1 aromatic carbocycles. The van der Waals surface area contributed by atoms with Crippen molar-refractivity contribution in [1.82, 2.24) is 0 Å². The van der Waals surface area contributed by atoms with Crippen LogP contribution in [0.15, 0.2) is 12.1 Å². The van der Waals surface area contributed by atoms with Gasteiger partial charge in [-0.05, 0) is 54.4 Å². The fourth-order valence-corrected chi connectivity index (χ4v) is 2.87. The first-order valence-electron chi connectivity index (χ1n) is 6.22. The number of aryl methyl sites for hydroxylation is 1. The summed E-state index contributed by atoms with van der Waals surface area (Å²) in [4.78, 5) is 11.2. The number of aliphatic carboxylic acids is 1. The first kappa shape index (κ1) is 13.1. The third-order valence-electron chi connectivity index (χ3n) is 3.83. The third-order valence-corrected chi connectivity index (χ3v) is 3.83. The van der Waals surface area contributed by atoms with Gasteiger partial charge in [0.05, 0.1) is 0 Å². The molecule has 18 heavy (non-hydrogen) atoms. The molecule has 1 atom stereocenters. The Morgan fingerprint density at radius 2 is 1.78 bits per heavy atom. The molecule has 0 aliphatic heterocycles. The lowest BCUT2D eigenvalue weighted by Gasteiger charge is -2.22. The molecule has 1 aliphatic carbocycles. The van der Waals surface area contributed by atoms with Crippen molar-refractivity contribution < 1.29 is 15.0 Å². The highest BCUT2D eigenvalue weighted by Crippen LogP contribution is 2.39. The van der Waals surface area contributed by atoms with Crippen LogP contribution in [0.25, 0.3) is 0 Å². The molecule has 1 aromatic rings. The molecule has 0 spiro atoms. The van der Waals surface area contributed by atoms with E-state index in [9.17, 15) is 9.90 Å². The normalized spacial score (nSPS) is 20.3. The zero-order valence-corrected chi connectivity index (χ0v) is 11.4. The van der Waals surface area contributed by atoms with Gasteiger partial charge in [-0.15, -0.1) is 0 Å². The Morgan fingerprint density at radius 3 is 2.28 bits per heavy atom. The number of rotatable bonds is 2. The van der Waals surface area contributed by atoms with Gasteiger partial charge in [-0.25, -0.2) is 4.79 Å². The minimum absolute atomic E-state index is 0.225. The van der Waals surface area contributed by atoms with Crippen LogP contribution in [0.5, 0.6) is 0 Å². The highest BCUT2D eigenvalue weighted by Gasteiger charge is 2.36. The fraction of sp³-hybridized carbons (Fsp3) is 0.533. The number of carboxylic acids is 1. The van der Waals surface area contributed by atoms with E-state index in [4.69, 9.17) is 5.11 Å². The molecule has 0 saturated heterocycles. The lowest BCUT2D eigenvalue weighted by molar-refractivity contribution is -0.157. The molecule has 0 heterocycles. The van der Waals surface area contributed by atoms with E-state index >= 15 is 0 Å². The molecule has 2 rings (SSSR count). The van der Waals surface area contributed by atoms with Crippen molar-refractivity contribution in [3.05, 3.63) is 34.4 Å². The minimum Gasteiger partial charge on any atom is -0.479 e. The van der Waals surface area contributed by atoms with Crippen LogP contribution in [0.2, 0.25) is 0 Å². The third kappa shape index (κ3) is 2.03. The van der Waals surface area contributed by atoms with Crippen LogP contribution < -0.4 is 0 Å². The van der Waals surface area contributed by atoms with Crippen molar-refractivity contribution in [2.45, 2.75) is 46.1 Å². The largest absolute Gasteiger partial charge is 0.479 e. The SMILES string of the molecule is Cc1cc2c(cc1C(C)(O)C(=O)O)CC(C)(C)C2. The monoisotopic (exact) mass is 248 g/mol. The number of fused-ring (bicyclic) bond motifs is 1. The molecule has 1 aliphatic rings. The zero-order valence-electron chi connectivity index (χ0n) is 11.4. The van der Waals surface area contributed by atoms with Gasteiger partial charge in [0.25, 0.3) is 0 Å². The summed E-state index contributed by atoms with van der Waals surface area (Å²) in [5, 5.41) is 19.2. The molecule has 3 nitrogen and oxygen atoms in total. The lowest BCUT2D eigenvalue weighted by Crippen LogP contribution is -2.32. The van der Waals surface area contributed by atoms with E-state index in [0.717, 1.165) is 18.4 Å². The molecule has 0 bridgehead atoms. The van der Waals surface area contributed by atoms with E-state index < -0.39 is 11.6 Å². The summed E-state index contributed by atoms with van der Waals surface area (Å²) in [6, 6.07) is 3.89. The summed E-state index contributed by atoms with van der Waals surface area (Å²) in [5.41, 5.74) is 2.21. The quantitative estimate of drug-likeness (QED) is 0.845. The maximum Gasteiger partial charge on any atom is 0.340 e. The topological polar surface area (TPSA) is 57.5 Å². The highest BCUT2D eigenvalue weighted by molar-refractivity contribution is 5.79. The van der Waals surface area contributed by atoms with Crippen molar-refractivity contribution in [2.75, 3.05) is 0 Å². The maximum absolute atomic E-state index is 11.2. The first-order valence-corrected chi connectivity index (χ1v) is 6.22. The number of hydrogen-bond acceptors (Lipinski definition) is 2. The minimum atomic E-state index is -1.81. The molecule has 98 valence electrons. The van der Waals surface area contributed by atoms with E-state index in [1.165, 1.54) is 18.1 Å². The van der Waals surface area contributed by atoms with Crippen molar-refractivity contribution in [2.24, 2.45) is 5.41 Å². The van der Waals surface area contributed by atoms with Gasteiger partial charge in [0, 0.05) is 0 Å². The Kier molecular flexibility index (Phi) is 2.78. The van der Waals surface area contributed by atoms with Crippen molar-refractivity contribution in [1.29, 1.82) is 0 Å². The van der Waals surface area contributed by atoms with Gasteiger partial charge in [0.2, 0.25) is 0 Å². The standard InChI is InChI=1S/C15H20O3/c1-9-5-10-7-14(2,3)8-11(10)6-12(9)15(4,18)13(16)17/h5-6,18H,7-8H2,1-4H3,(H,16,17). The van der Waals surface area contributed by atoms with Gasteiger partial charge in [-0.3, -0.25) is 0 Å². The van der Waals surface area contributed by atoms with Crippen LogP contribution in [0.1, 0.15) is 43.0 Å². The number of benzene rings is 1.